The van der Waals surface area contributed by atoms with Gasteiger partial charge >= 0.3 is 0 Å². The van der Waals surface area contributed by atoms with Gasteiger partial charge in [0.2, 0.25) is 5.95 Å². The zero-order chi connectivity index (χ0) is 22.8. The number of hydrogen-bond acceptors (Lipinski definition) is 7. The van der Waals surface area contributed by atoms with Crippen molar-refractivity contribution >= 4 is 11.7 Å². The van der Waals surface area contributed by atoms with E-state index in [1.54, 1.807) is 18.5 Å². The number of benzene rings is 1. The summed E-state index contributed by atoms with van der Waals surface area (Å²) in [6.07, 6.45) is 5.86. The summed E-state index contributed by atoms with van der Waals surface area (Å²) in [5.74, 6) is 0.471. The lowest BCUT2D eigenvalue weighted by Crippen LogP contribution is -2.24. The summed E-state index contributed by atoms with van der Waals surface area (Å²) in [5, 5.41) is 7.90. The first kappa shape index (κ1) is 21.5. The molecule has 3 aromatic rings. The molecule has 0 saturated carbocycles. The summed E-state index contributed by atoms with van der Waals surface area (Å²) in [7, 11) is 0. The molecule has 1 saturated heterocycles. The number of nitrogens with one attached hydrogen (secondary N) is 1. The molecule has 170 valence electrons. The number of oxime groups is 1. The van der Waals surface area contributed by atoms with Crippen LogP contribution in [0.5, 0.6) is 0 Å². The first-order valence-electron chi connectivity index (χ1n) is 11.3. The molecule has 7 nitrogen and oxygen atoms in total. The lowest BCUT2D eigenvalue weighted by Gasteiger charge is -2.28. The lowest BCUT2D eigenvalue weighted by molar-refractivity contribution is 0.112. The van der Waals surface area contributed by atoms with Gasteiger partial charge in [-0.05, 0) is 61.6 Å². The van der Waals surface area contributed by atoms with Gasteiger partial charge in [-0.15, -0.1) is 0 Å². The number of aryl methyl sites for hydroxylation is 1. The molecule has 33 heavy (non-hydrogen) atoms. The van der Waals surface area contributed by atoms with Gasteiger partial charge in [-0.1, -0.05) is 17.3 Å². The molecule has 1 aliphatic heterocycles. The molecule has 8 heteroatoms. The number of halogens is 1. The Balaban J connectivity index is 1.52. The van der Waals surface area contributed by atoms with E-state index in [9.17, 15) is 4.39 Å². The molecule has 0 radical (unpaired) electrons. The second-order valence-corrected chi connectivity index (χ2v) is 8.76. The van der Waals surface area contributed by atoms with E-state index in [2.05, 4.69) is 25.4 Å². The summed E-state index contributed by atoms with van der Waals surface area (Å²) in [6, 6.07) is 8.73. The number of pyridine rings is 1. The highest BCUT2D eigenvalue weighted by molar-refractivity contribution is 6.03. The predicted octanol–water partition coefficient (Wildman–Crippen LogP) is 3.63. The Bertz CT molecular complexity index is 1180. The molecule has 1 aliphatic carbocycles. The predicted molar refractivity (Wildman–Crippen MR) is 125 cm³/mol. The second kappa shape index (κ2) is 9.23. The van der Waals surface area contributed by atoms with Crippen LogP contribution < -0.4 is 11.1 Å². The van der Waals surface area contributed by atoms with Gasteiger partial charge in [0.05, 0.1) is 17.1 Å². The summed E-state index contributed by atoms with van der Waals surface area (Å²) in [6.45, 7) is 4.46. The maximum Gasteiger partial charge on any atom is 0.220 e. The maximum absolute atomic E-state index is 14.2. The van der Waals surface area contributed by atoms with E-state index in [0.29, 0.717) is 25.4 Å². The fourth-order valence-electron chi connectivity index (χ4n) is 4.86. The van der Waals surface area contributed by atoms with Crippen LogP contribution in [0.2, 0.25) is 0 Å². The Morgan fingerprint density at radius 3 is 2.94 bits per heavy atom. The van der Waals surface area contributed by atoms with Crippen LogP contribution in [-0.4, -0.2) is 40.4 Å². The standard InChI is InChI=1S/C25H27FN6O/c1-15-24-22(31-25(27)30-15)9-18(10-23(24)32-33-14-16-6-8-29-12-16)20-5-4-19(26)11-21(20)17-3-2-7-28-13-17/h2-5,7,11,13,16,18,29H,6,8-10,12,14H2,1H3,(H2,27,30,31)/b32-23+/t16-,18?/m1/s1. The molecule has 3 heterocycles. The highest BCUT2D eigenvalue weighted by Gasteiger charge is 2.31. The van der Waals surface area contributed by atoms with Gasteiger partial charge in [-0.3, -0.25) is 4.98 Å². The molecule has 1 fully saturated rings. The van der Waals surface area contributed by atoms with E-state index in [4.69, 9.17) is 10.6 Å². The Morgan fingerprint density at radius 2 is 2.15 bits per heavy atom. The molecule has 0 bridgehead atoms. The van der Waals surface area contributed by atoms with Crippen LogP contribution in [0.3, 0.4) is 0 Å². The summed E-state index contributed by atoms with van der Waals surface area (Å²) in [5.41, 5.74) is 12.1. The van der Waals surface area contributed by atoms with Gasteiger partial charge in [0.25, 0.3) is 0 Å². The van der Waals surface area contributed by atoms with Crippen molar-refractivity contribution in [2.75, 3.05) is 25.4 Å². The van der Waals surface area contributed by atoms with Gasteiger partial charge in [-0.2, -0.15) is 0 Å². The second-order valence-electron chi connectivity index (χ2n) is 8.76. The van der Waals surface area contributed by atoms with E-state index in [1.807, 2.05) is 25.1 Å². The molecule has 0 spiro atoms. The van der Waals surface area contributed by atoms with Crippen molar-refractivity contribution in [3.63, 3.8) is 0 Å². The van der Waals surface area contributed by atoms with Gasteiger partial charge < -0.3 is 15.9 Å². The molecule has 5 rings (SSSR count). The number of anilines is 1. The van der Waals surface area contributed by atoms with Crippen molar-refractivity contribution in [2.45, 2.75) is 32.1 Å². The largest absolute Gasteiger partial charge is 0.395 e. The monoisotopic (exact) mass is 446 g/mol. The van der Waals surface area contributed by atoms with E-state index in [1.165, 1.54) is 6.07 Å². The SMILES string of the molecule is Cc1nc(N)nc2c1/C(=N/OC[C@@H]1CCNC1)CC(c1ccc(F)cc1-c1cccnc1)C2. The molecule has 2 aromatic heterocycles. The van der Waals surface area contributed by atoms with E-state index < -0.39 is 0 Å². The molecule has 1 unspecified atom stereocenters. The minimum atomic E-state index is -0.279. The van der Waals surface area contributed by atoms with Crippen LogP contribution in [0, 0.1) is 18.7 Å². The van der Waals surface area contributed by atoms with Gasteiger partial charge in [0.15, 0.2) is 0 Å². The number of nitrogens with zero attached hydrogens (tertiary/aromatic N) is 4. The number of rotatable bonds is 5. The van der Waals surface area contributed by atoms with Gasteiger partial charge in [-0.25, -0.2) is 14.4 Å². The zero-order valence-corrected chi connectivity index (χ0v) is 18.6. The third kappa shape index (κ3) is 4.57. The molecular weight excluding hydrogens is 419 g/mol. The molecule has 3 N–H and O–H groups in total. The van der Waals surface area contributed by atoms with Crippen molar-refractivity contribution in [3.8, 4) is 11.1 Å². The number of nitrogen functional groups attached to an aromatic ring is 1. The number of nitrogens with two attached hydrogens (primary N) is 1. The third-order valence-electron chi connectivity index (χ3n) is 6.43. The van der Waals surface area contributed by atoms with Crippen LogP contribution in [0.1, 0.15) is 41.3 Å². The smallest absolute Gasteiger partial charge is 0.220 e. The average molecular weight is 447 g/mol. The number of fused-ring (bicyclic) bond motifs is 1. The fraction of sp³-hybridized carbons (Fsp3) is 0.360. The normalized spacial score (nSPS) is 21.2. The Morgan fingerprint density at radius 1 is 1.24 bits per heavy atom. The topological polar surface area (TPSA) is 98.3 Å². The van der Waals surface area contributed by atoms with E-state index in [-0.39, 0.29) is 17.7 Å². The first-order chi connectivity index (χ1) is 16.1. The van der Waals surface area contributed by atoms with Gasteiger partial charge in [0, 0.05) is 42.4 Å². The van der Waals surface area contributed by atoms with Crippen LogP contribution in [0.4, 0.5) is 10.3 Å². The summed E-state index contributed by atoms with van der Waals surface area (Å²) in [4.78, 5) is 18.9. The lowest BCUT2D eigenvalue weighted by atomic mass is 9.78. The minimum Gasteiger partial charge on any atom is -0.395 e. The fourth-order valence-corrected chi connectivity index (χ4v) is 4.86. The highest BCUT2D eigenvalue weighted by atomic mass is 19.1. The van der Waals surface area contributed by atoms with Crippen molar-refractivity contribution in [1.29, 1.82) is 0 Å². The van der Waals surface area contributed by atoms with Crippen molar-refractivity contribution < 1.29 is 9.23 Å². The molecule has 2 aliphatic rings. The number of aromatic nitrogens is 3. The molecular formula is C25H27FN6O. The van der Waals surface area contributed by atoms with Crippen molar-refractivity contribution in [2.24, 2.45) is 11.1 Å². The van der Waals surface area contributed by atoms with Crippen LogP contribution in [0.15, 0.2) is 47.9 Å². The van der Waals surface area contributed by atoms with E-state index >= 15 is 0 Å². The summed E-state index contributed by atoms with van der Waals surface area (Å²) < 4.78 is 14.2. The van der Waals surface area contributed by atoms with Crippen molar-refractivity contribution in [3.05, 3.63) is 71.1 Å². The maximum atomic E-state index is 14.2. The van der Waals surface area contributed by atoms with E-state index in [0.717, 1.165) is 58.9 Å². The minimum absolute atomic E-state index is 0.0394. The van der Waals surface area contributed by atoms with Crippen LogP contribution in [-0.2, 0) is 11.3 Å². The van der Waals surface area contributed by atoms with Crippen LogP contribution in [0.25, 0.3) is 11.1 Å². The Kier molecular flexibility index (Phi) is 6.00. The number of hydrogen-bond donors (Lipinski definition) is 2. The summed E-state index contributed by atoms with van der Waals surface area (Å²) >= 11 is 0. The highest BCUT2D eigenvalue weighted by Crippen LogP contribution is 2.38. The average Bonchev–Trinajstić information content (AvgIpc) is 3.32. The van der Waals surface area contributed by atoms with Gasteiger partial charge in [0.1, 0.15) is 12.4 Å². The quantitative estimate of drug-likeness (QED) is 0.581. The zero-order valence-electron chi connectivity index (χ0n) is 18.6. The van der Waals surface area contributed by atoms with Crippen LogP contribution >= 0.6 is 0 Å². The third-order valence-corrected chi connectivity index (χ3v) is 6.43. The van der Waals surface area contributed by atoms with Crippen molar-refractivity contribution in [1.82, 2.24) is 20.3 Å². The Labute approximate surface area is 192 Å². The molecule has 1 aromatic carbocycles. The molecule has 2 atom stereocenters. The first-order valence-corrected chi connectivity index (χ1v) is 11.3. The Hall–Kier alpha value is -3.39. The molecule has 0 amide bonds.